The van der Waals surface area contributed by atoms with Gasteiger partial charge in [0.15, 0.2) is 0 Å². The number of nitrogens with zero attached hydrogens (tertiary/aromatic N) is 3. The number of carbonyl (C=O) groups is 1. The lowest BCUT2D eigenvalue weighted by molar-refractivity contribution is 0.0712. The molecule has 0 radical (unpaired) electrons. The Morgan fingerprint density at radius 3 is 2.44 bits per heavy atom. The number of amides is 1. The summed E-state index contributed by atoms with van der Waals surface area (Å²) in [5.41, 5.74) is 1.49. The average Bonchev–Trinajstić information content (AvgIpc) is 3.29. The monoisotopic (exact) mass is 469 g/mol. The lowest BCUT2D eigenvalue weighted by atomic mass is 9.97. The Morgan fingerprint density at radius 1 is 0.938 bits per heavy atom. The van der Waals surface area contributed by atoms with Crippen LogP contribution in [-0.2, 0) is 10.0 Å². The SMILES string of the molecule is O=C(c1cccc(S(=O)(=O)N2CCCCC2)c1)N1CCC(c2nc3ccccc3s2)CC1. The summed E-state index contributed by atoms with van der Waals surface area (Å²) in [5.74, 6) is 0.269. The number of rotatable bonds is 4. The number of piperidine rings is 2. The maximum Gasteiger partial charge on any atom is 0.253 e. The van der Waals surface area contributed by atoms with Crippen LogP contribution in [0.1, 0.15) is 53.4 Å². The van der Waals surface area contributed by atoms with Crippen LogP contribution in [0.4, 0.5) is 0 Å². The Morgan fingerprint density at radius 2 is 1.69 bits per heavy atom. The van der Waals surface area contributed by atoms with Crippen LogP contribution in [0.2, 0.25) is 0 Å². The molecule has 0 N–H and O–H groups in total. The first kappa shape index (κ1) is 21.6. The maximum absolute atomic E-state index is 13.1. The summed E-state index contributed by atoms with van der Waals surface area (Å²) < 4.78 is 28.8. The molecule has 0 bridgehead atoms. The quantitative estimate of drug-likeness (QED) is 0.564. The average molecular weight is 470 g/mol. The molecule has 3 aromatic rings. The van der Waals surface area contributed by atoms with E-state index in [4.69, 9.17) is 4.98 Å². The molecule has 2 aromatic carbocycles. The normalized spacial score (nSPS) is 18.8. The van der Waals surface area contributed by atoms with Gasteiger partial charge in [-0.1, -0.05) is 24.6 Å². The maximum atomic E-state index is 13.1. The smallest absolute Gasteiger partial charge is 0.253 e. The van der Waals surface area contributed by atoms with Crippen molar-refractivity contribution in [2.45, 2.75) is 42.9 Å². The van der Waals surface area contributed by atoms with Gasteiger partial charge in [-0.3, -0.25) is 4.79 Å². The summed E-state index contributed by atoms with van der Waals surface area (Å²) in [6, 6.07) is 14.7. The van der Waals surface area contributed by atoms with Crippen LogP contribution < -0.4 is 0 Å². The third-order valence-corrected chi connectivity index (χ3v) is 9.57. The first-order chi connectivity index (χ1) is 15.5. The molecule has 168 valence electrons. The number of hydrogen-bond donors (Lipinski definition) is 0. The second-order valence-corrected chi connectivity index (χ2v) is 11.6. The molecule has 0 atom stereocenters. The molecule has 8 heteroatoms. The summed E-state index contributed by atoms with van der Waals surface area (Å²) in [5, 5.41) is 1.15. The molecular formula is C24H27N3O3S2. The number of carbonyl (C=O) groups excluding carboxylic acids is 1. The molecule has 0 aliphatic carbocycles. The van der Waals surface area contributed by atoms with Crippen molar-refractivity contribution in [3.8, 4) is 0 Å². The Kier molecular flexibility index (Phi) is 6.01. The number of thiazole rings is 1. The molecule has 2 aliphatic heterocycles. The molecular weight excluding hydrogens is 442 g/mol. The van der Waals surface area contributed by atoms with Crippen LogP contribution in [0, 0.1) is 0 Å². The highest BCUT2D eigenvalue weighted by Gasteiger charge is 2.29. The minimum absolute atomic E-state index is 0.0940. The van der Waals surface area contributed by atoms with Gasteiger partial charge in [0.1, 0.15) is 0 Å². The van der Waals surface area contributed by atoms with E-state index in [0.29, 0.717) is 37.7 Å². The molecule has 3 heterocycles. The van der Waals surface area contributed by atoms with Crippen LogP contribution >= 0.6 is 11.3 Å². The Hall–Kier alpha value is -2.29. The zero-order valence-electron chi connectivity index (χ0n) is 17.9. The van der Waals surface area contributed by atoms with Crippen molar-refractivity contribution in [3.05, 3.63) is 59.1 Å². The summed E-state index contributed by atoms with van der Waals surface area (Å²) in [7, 11) is -3.55. The van der Waals surface area contributed by atoms with Gasteiger partial charge < -0.3 is 4.90 Å². The highest BCUT2D eigenvalue weighted by molar-refractivity contribution is 7.89. The Labute approximate surface area is 192 Å². The molecule has 32 heavy (non-hydrogen) atoms. The van der Waals surface area contributed by atoms with Gasteiger partial charge in [-0.15, -0.1) is 11.3 Å². The molecule has 1 aromatic heterocycles. The van der Waals surface area contributed by atoms with Crippen LogP contribution in [-0.4, -0.2) is 54.7 Å². The van der Waals surface area contributed by atoms with Gasteiger partial charge in [-0.25, -0.2) is 13.4 Å². The number of likely N-dealkylation sites (tertiary alicyclic amines) is 1. The van der Waals surface area contributed by atoms with Gasteiger partial charge in [-0.2, -0.15) is 4.31 Å². The number of benzene rings is 2. The van der Waals surface area contributed by atoms with Crippen molar-refractivity contribution >= 4 is 37.5 Å². The van der Waals surface area contributed by atoms with Crippen LogP contribution in [0.5, 0.6) is 0 Å². The third kappa shape index (κ3) is 4.19. The second kappa shape index (κ2) is 8.92. The molecule has 0 saturated carbocycles. The molecule has 2 aliphatic rings. The number of para-hydroxylation sites is 1. The van der Waals surface area contributed by atoms with Gasteiger partial charge in [0, 0.05) is 37.7 Å². The molecule has 0 unspecified atom stereocenters. The Bertz CT molecular complexity index is 1190. The van der Waals surface area contributed by atoms with Crippen molar-refractivity contribution in [1.29, 1.82) is 0 Å². The fourth-order valence-electron chi connectivity index (χ4n) is 4.62. The lowest BCUT2D eigenvalue weighted by Gasteiger charge is -2.31. The Balaban J connectivity index is 1.27. The van der Waals surface area contributed by atoms with E-state index in [2.05, 4.69) is 6.07 Å². The summed E-state index contributed by atoms with van der Waals surface area (Å²) in [4.78, 5) is 20.0. The zero-order chi connectivity index (χ0) is 22.1. The lowest BCUT2D eigenvalue weighted by Crippen LogP contribution is -2.38. The van der Waals surface area contributed by atoms with Crippen molar-refractivity contribution in [2.24, 2.45) is 0 Å². The topological polar surface area (TPSA) is 70.6 Å². The number of fused-ring (bicyclic) bond motifs is 1. The van der Waals surface area contributed by atoms with E-state index in [-0.39, 0.29) is 10.8 Å². The molecule has 2 saturated heterocycles. The van der Waals surface area contributed by atoms with Crippen LogP contribution in [0.3, 0.4) is 0 Å². The summed E-state index contributed by atoms with van der Waals surface area (Å²) in [6.45, 7) is 2.42. The van der Waals surface area contributed by atoms with E-state index in [1.54, 1.807) is 39.9 Å². The van der Waals surface area contributed by atoms with Gasteiger partial charge in [0.25, 0.3) is 5.91 Å². The van der Waals surface area contributed by atoms with Crippen molar-refractivity contribution in [2.75, 3.05) is 26.2 Å². The van der Waals surface area contributed by atoms with Crippen LogP contribution in [0.25, 0.3) is 10.2 Å². The minimum atomic E-state index is -3.55. The van der Waals surface area contributed by atoms with E-state index in [1.807, 2.05) is 23.1 Å². The van der Waals surface area contributed by atoms with E-state index in [1.165, 1.54) is 4.70 Å². The van der Waals surface area contributed by atoms with Crippen molar-refractivity contribution < 1.29 is 13.2 Å². The first-order valence-corrected chi connectivity index (χ1v) is 13.5. The number of hydrogen-bond acceptors (Lipinski definition) is 5. The molecule has 0 spiro atoms. The van der Waals surface area contributed by atoms with E-state index in [9.17, 15) is 13.2 Å². The predicted octanol–water partition coefficient (Wildman–Crippen LogP) is 4.49. The number of aromatic nitrogens is 1. The van der Waals surface area contributed by atoms with Gasteiger partial charge in [0.05, 0.1) is 20.1 Å². The fraction of sp³-hybridized carbons (Fsp3) is 0.417. The minimum Gasteiger partial charge on any atom is -0.339 e. The zero-order valence-corrected chi connectivity index (χ0v) is 19.6. The van der Waals surface area contributed by atoms with Gasteiger partial charge in [-0.05, 0) is 56.0 Å². The highest BCUT2D eigenvalue weighted by atomic mass is 32.2. The van der Waals surface area contributed by atoms with E-state index in [0.717, 1.165) is 42.6 Å². The molecule has 6 nitrogen and oxygen atoms in total. The van der Waals surface area contributed by atoms with Crippen molar-refractivity contribution in [1.82, 2.24) is 14.2 Å². The van der Waals surface area contributed by atoms with E-state index >= 15 is 0 Å². The number of sulfonamides is 1. The first-order valence-electron chi connectivity index (χ1n) is 11.3. The molecule has 5 rings (SSSR count). The standard InChI is InChI=1S/C24H27N3O3S2/c28-24(19-7-6-8-20(17-19)32(29,30)27-13-4-1-5-14-27)26-15-11-18(12-16-26)23-25-21-9-2-3-10-22(21)31-23/h2-3,6-10,17-18H,1,4-5,11-16H2. The van der Waals surface area contributed by atoms with Crippen molar-refractivity contribution in [3.63, 3.8) is 0 Å². The highest BCUT2D eigenvalue weighted by Crippen LogP contribution is 2.34. The second-order valence-electron chi connectivity index (χ2n) is 8.58. The van der Waals surface area contributed by atoms with E-state index < -0.39 is 10.0 Å². The largest absolute Gasteiger partial charge is 0.339 e. The van der Waals surface area contributed by atoms with Gasteiger partial charge >= 0.3 is 0 Å². The molecule has 2 fully saturated rings. The third-order valence-electron chi connectivity index (χ3n) is 6.48. The molecule has 1 amide bonds. The van der Waals surface area contributed by atoms with Gasteiger partial charge in [0.2, 0.25) is 10.0 Å². The van der Waals surface area contributed by atoms with Crippen LogP contribution in [0.15, 0.2) is 53.4 Å². The fourth-order valence-corrected chi connectivity index (χ4v) is 7.32. The summed E-state index contributed by atoms with van der Waals surface area (Å²) >= 11 is 1.74. The predicted molar refractivity (Wildman–Crippen MR) is 127 cm³/mol. The summed E-state index contributed by atoms with van der Waals surface area (Å²) in [6.07, 6.45) is 4.59.